The Morgan fingerprint density at radius 2 is 1.81 bits per heavy atom. The van der Waals surface area contributed by atoms with Crippen LogP contribution in [0.15, 0.2) is 67.0 Å². The highest BCUT2D eigenvalue weighted by Crippen LogP contribution is 2.37. The van der Waals surface area contributed by atoms with E-state index < -0.39 is 0 Å². The van der Waals surface area contributed by atoms with Gasteiger partial charge in [0.15, 0.2) is 11.4 Å². The van der Waals surface area contributed by atoms with Crippen LogP contribution in [-0.2, 0) is 4.74 Å². The van der Waals surface area contributed by atoms with Crippen molar-refractivity contribution in [3.05, 3.63) is 84.0 Å². The normalized spacial score (nSPS) is 17.3. The van der Waals surface area contributed by atoms with E-state index in [9.17, 15) is 4.79 Å². The van der Waals surface area contributed by atoms with Gasteiger partial charge in [0.25, 0.3) is 5.91 Å². The monoisotopic (exact) mass is 493 g/mol. The minimum atomic E-state index is -0.298. The molecule has 1 aliphatic heterocycles. The first-order valence-electron chi connectivity index (χ1n) is 12.1. The number of para-hydroxylation sites is 1. The summed E-state index contributed by atoms with van der Waals surface area (Å²) < 4.78 is 11.5. The molecule has 5 rings (SSSR count). The number of hydrogen-bond acceptors (Lipinski definition) is 6. The quantitative estimate of drug-likeness (QED) is 0.358. The van der Waals surface area contributed by atoms with Gasteiger partial charge >= 0.3 is 0 Å². The minimum Gasteiger partial charge on any atom is -0.494 e. The van der Waals surface area contributed by atoms with Gasteiger partial charge in [-0.1, -0.05) is 36.4 Å². The van der Waals surface area contributed by atoms with Crippen LogP contribution in [0.2, 0.25) is 0 Å². The third-order valence-electron chi connectivity index (χ3n) is 6.36. The summed E-state index contributed by atoms with van der Waals surface area (Å²) in [4.78, 5) is 27.9. The first kappa shape index (κ1) is 24.2. The van der Waals surface area contributed by atoms with E-state index in [0.717, 1.165) is 40.9 Å². The van der Waals surface area contributed by atoms with Crippen LogP contribution in [0.5, 0.6) is 5.75 Å². The molecule has 1 fully saturated rings. The van der Waals surface area contributed by atoms with Gasteiger partial charge in [-0.15, -0.1) is 0 Å². The van der Waals surface area contributed by atoms with Gasteiger partial charge in [-0.25, -0.2) is 9.83 Å². The number of nitrogens with zero attached hydrogens (tertiary/aromatic N) is 4. The molecular weight excluding hydrogens is 466 g/mol. The molecule has 8 nitrogen and oxygen atoms in total. The van der Waals surface area contributed by atoms with Crippen LogP contribution in [0, 0.1) is 6.57 Å². The molecule has 0 saturated carbocycles. The smallest absolute Gasteiger partial charge is 0.257 e. The standard InChI is InChI=1S/C29H27N5O3/c1-18-16-34(17-19(2)37-18)26-13-10-21(14-31-26)29(35)33-25-15-32-27-23(6-5-7-24(27)28(25)36-4)20-8-11-22(30-3)12-9-20/h5-15,18-19H,16-17H2,1-2,4H3,(H,33,35)/t18-,19+. The van der Waals surface area contributed by atoms with Crippen molar-refractivity contribution in [1.82, 2.24) is 9.97 Å². The Hall–Kier alpha value is -4.48. The van der Waals surface area contributed by atoms with Crippen molar-refractivity contribution in [2.24, 2.45) is 0 Å². The zero-order chi connectivity index (χ0) is 25.9. The molecule has 0 bridgehead atoms. The molecule has 1 amide bonds. The first-order valence-corrected chi connectivity index (χ1v) is 12.1. The number of rotatable bonds is 5. The lowest BCUT2D eigenvalue weighted by molar-refractivity contribution is -0.00546. The molecule has 3 heterocycles. The van der Waals surface area contributed by atoms with Gasteiger partial charge in [-0.05, 0) is 37.6 Å². The summed E-state index contributed by atoms with van der Waals surface area (Å²) in [6, 6.07) is 16.8. The second-order valence-corrected chi connectivity index (χ2v) is 9.09. The Bertz CT molecular complexity index is 1470. The van der Waals surface area contributed by atoms with Crippen molar-refractivity contribution in [3.63, 3.8) is 0 Å². The van der Waals surface area contributed by atoms with Crippen molar-refractivity contribution in [2.45, 2.75) is 26.1 Å². The number of fused-ring (bicyclic) bond motifs is 1. The van der Waals surface area contributed by atoms with Crippen LogP contribution in [0.1, 0.15) is 24.2 Å². The Morgan fingerprint density at radius 3 is 2.46 bits per heavy atom. The minimum absolute atomic E-state index is 0.125. The molecule has 37 heavy (non-hydrogen) atoms. The van der Waals surface area contributed by atoms with E-state index >= 15 is 0 Å². The van der Waals surface area contributed by atoms with Crippen molar-refractivity contribution < 1.29 is 14.3 Å². The Balaban J connectivity index is 1.40. The zero-order valence-corrected chi connectivity index (χ0v) is 20.9. The molecule has 2 aromatic carbocycles. The molecule has 0 unspecified atom stereocenters. The number of amides is 1. The third kappa shape index (κ3) is 4.95. The number of carbonyl (C=O) groups is 1. The number of nitrogens with one attached hydrogen (secondary N) is 1. The lowest BCUT2D eigenvalue weighted by Crippen LogP contribution is -2.45. The number of benzene rings is 2. The van der Waals surface area contributed by atoms with E-state index in [2.05, 4.69) is 25.0 Å². The second kappa shape index (κ2) is 10.2. The molecule has 0 spiro atoms. The third-order valence-corrected chi connectivity index (χ3v) is 6.36. The maximum Gasteiger partial charge on any atom is 0.257 e. The van der Waals surface area contributed by atoms with Gasteiger partial charge in [0.05, 0.1) is 43.2 Å². The van der Waals surface area contributed by atoms with Crippen LogP contribution < -0.4 is 15.0 Å². The van der Waals surface area contributed by atoms with Crippen molar-refractivity contribution in [3.8, 4) is 16.9 Å². The van der Waals surface area contributed by atoms with Gasteiger partial charge in [0.1, 0.15) is 11.5 Å². The van der Waals surface area contributed by atoms with E-state index in [-0.39, 0.29) is 18.1 Å². The molecule has 2 aromatic heterocycles. The van der Waals surface area contributed by atoms with E-state index in [1.165, 1.54) is 0 Å². The van der Waals surface area contributed by atoms with E-state index in [1.807, 2.05) is 50.2 Å². The van der Waals surface area contributed by atoms with Crippen LogP contribution in [0.25, 0.3) is 26.9 Å². The predicted octanol–water partition coefficient (Wildman–Crippen LogP) is 5.72. The molecule has 0 aliphatic carbocycles. The van der Waals surface area contributed by atoms with Gasteiger partial charge in [-0.2, -0.15) is 0 Å². The number of morpholine rings is 1. The molecule has 8 heteroatoms. The first-order chi connectivity index (χ1) is 18.0. The molecule has 2 atom stereocenters. The largest absolute Gasteiger partial charge is 0.494 e. The summed E-state index contributed by atoms with van der Waals surface area (Å²) in [5.74, 6) is 1.05. The maximum absolute atomic E-state index is 13.1. The highest BCUT2D eigenvalue weighted by Gasteiger charge is 2.23. The maximum atomic E-state index is 13.1. The van der Waals surface area contributed by atoms with Crippen LogP contribution in [-0.4, -0.2) is 48.3 Å². The lowest BCUT2D eigenvalue weighted by atomic mass is 10.0. The summed E-state index contributed by atoms with van der Waals surface area (Å²) in [5, 5.41) is 3.70. The Morgan fingerprint density at radius 1 is 1.05 bits per heavy atom. The fraction of sp³-hybridized carbons (Fsp3) is 0.241. The SMILES string of the molecule is [C-]#[N+]c1ccc(-c2cccc3c(OC)c(NC(=O)c4ccc(N5C[C@@H](C)O[C@@H](C)C5)nc4)cnc23)cc1. The molecule has 0 radical (unpaired) electrons. The number of methoxy groups -OCH3 is 1. The second-order valence-electron chi connectivity index (χ2n) is 9.09. The van der Waals surface area contributed by atoms with Crippen LogP contribution in [0.4, 0.5) is 17.2 Å². The molecule has 4 aromatic rings. The highest BCUT2D eigenvalue weighted by molar-refractivity contribution is 6.07. The Kier molecular flexibility index (Phi) is 6.71. The molecular formula is C29H27N5O3. The lowest BCUT2D eigenvalue weighted by Gasteiger charge is -2.36. The summed E-state index contributed by atoms with van der Waals surface area (Å²) in [5.41, 5.74) is 4.09. The predicted molar refractivity (Wildman–Crippen MR) is 144 cm³/mol. The van der Waals surface area contributed by atoms with Crippen LogP contribution in [0.3, 0.4) is 0 Å². The number of ether oxygens (including phenoxy) is 2. The Labute approximate surface area is 215 Å². The number of hydrogen-bond donors (Lipinski definition) is 1. The van der Waals surface area contributed by atoms with Crippen molar-refractivity contribution in [2.75, 3.05) is 30.4 Å². The summed E-state index contributed by atoms with van der Waals surface area (Å²) in [6.07, 6.45) is 3.44. The average Bonchev–Trinajstić information content (AvgIpc) is 2.92. The topological polar surface area (TPSA) is 80.9 Å². The van der Waals surface area contributed by atoms with Gasteiger partial charge < -0.3 is 19.7 Å². The van der Waals surface area contributed by atoms with Gasteiger partial charge in [-0.3, -0.25) is 9.78 Å². The molecule has 186 valence electrons. The fourth-order valence-corrected chi connectivity index (χ4v) is 4.72. The van der Waals surface area contributed by atoms with Gasteiger partial charge in [0, 0.05) is 30.2 Å². The van der Waals surface area contributed by atoms with E-state index in [0.29, 0.717) is 22.7 Å². The number of carbonyl (C=O) groups excluding carboxylic acids is 1. The highest BCUT2D eigenvalue weighted by atomic mass is 16.5. The van der Waals surface area contributed by atoms with Crippen molar-refractivity contribution in [1.29, 1.82) is 0 Å². The van der Waals surface area contributed by atoms with Crippen LogP contribution >= 0.6 is 0 Å². The van der Waals surface area contributed by atoms with E-state index in [4.69, 9.17) is 16.0 Å². The summed E-state index contributed by atoms with van der Waals surface area (Å²) >= 11 is 0. The molecule has 1 aliphatic rings. The van der Waals surface area contributed by atoms with Crippen molar-refractivity contribution >= 4 is 34.0 Å². The molecule has 1 saturated heterocycles. The number of anilines is 2. The zero-order valence-electron chi connectivity index (χ0n) is 20.9. The number of pyridine rings is 2. The van der Waals surface area contributed by atoms with Gasteiger partial charge in [0.2, 0.25) is 0 Å². The molecule has 1 N–H and O–H groups in total. The summed E-state index contributed by atoms with van der Waals surface area (Å²) in [6.45, 7) is 12.8. The fourth-order valence-electron chi connectivity index (χ4n) is 4.72. The average molecular weight is 494 g/mol. The number of aromatic nitrogens is 2. The van der Waals surface area contributed by atoms with E-state index in [1.54, 1.807) is 37.7 Å². The summed E-state index contributed by atoms with van der Waals surface area (Å²) in [7, 11) is 1.57.